The van der Waals surface area contributed by atoms with Crippen LogP contribution in [0.5, 0.6) is 5.75 Å². The fourth-order valence-corrected chi connectivity index (χ4v) is 2.39. The molecule has 0 saturated heterocycles. The lowest BCUT2D eigenvalue weighted by atomic mass is 10.00. The Morgan fingerprint density at radius 2 is 2.26 bits per heavy atom. The number of amides is 1. The smallest absolute Gasteiger partial charge is 0.220 e. The predicted molar refractivity (Wildman–Crippen MR) is 72.5 cm³/mol. The van der Waals surface area contributed by atoms with E-state index in [2.05, 4.69) is 5.32 Å². The van der Waals surface area contributed by atoms with Crippen LogP contribution in [0, 0.1) is 0 Å². The molecule has 4 nitrogen and oxygen atoms in total. The predicted octanol–water partition coefficient (Wildman–Crippen LogP) is 2.11. The molecule has 1 aliphatic rings. The molecule has 0 aromatic heterocycles. The first-order chi connectivity index (χ1) is 9.15. The van der Waals surface area contributed by atoms with Gasteiger partial charge >= 0.3 is 0 Å². The van der Waals surface area contributed by atoms with Crippen molar-refractivity contribution < 1.29 is 14.3 Å². The highest BCUT2D eigenvalue weighted by molar-refractivity contribution is 6.03. The average Bonchev–Trinajstić information content (AvgIpc) is 2.58. The first-order valence-corrected chi connectivity index (χ1v) is 6.66. The van der Waals surface area contributed by atoms with Gasteiger partial charge in [-0.2, -0.15) is 0 Å². The topological polar surface area (TPSA) is 55.4 Å². The van der Waals surface area contributed by atoms with Gasteiger partial charge < -0.3 is 10.1 Å². The third-order valence-corrected chi connectivity index (χ3v) is 3.49. The molecule has 0 radical (unpaired) electrons. The number of carbonyl (C=O) groups is 2. The first-order valence-electron chi connectivity index (χ1n) is 6.66. The number of fused-ring (bicyclic) bond motifs is 1. The fraction of sp³-hybridized carbons (Fsp3) is 0.467. The van der Waals surface area contributed by atoms with Crippen LogP contribution in [0.15, 0.2) is 18.2 Å². The Hall–Kier alpha value is -1.84. The average molecular weight is 261 g/mol. The number of benzene rings is 1. The number of ketones is 1. The van der Waals surface area contributed by atoms with Crippen molar-refractivity contribution in [3.05, 3.63) is 29.3 Å². The fourth-order valence-electron chi connectivity index (χ4n) is 2.39. The van der Waals surface area contributed by atoms with Crippen LogP contribution in [0.25, 0.3) is 0 Å². The van der Waals surface area contributed by atoms with Crippen molar-refractivity contribution in [3.8, 4) is 5.75 Å². The molecule has 0 bridgehead atoms. The molecule has 19 heavy (non-hydrogen) atoms. The highest BCUT2D eigenvalue weighted by atomic mass is 16.5. The zero-order valence-electron chi connectivity index (χ0n) is 11.4. The van der Waals surface area contributed by atoms with E-state index in [4.69, 9.17) is 4.74 Å². The van der Waals surface area contributed by atoms with Gasteiger partial charge in [-0.3, -0.25) is 9.59 Å². The van der Waals surface area contributed by atoms with E-state index in [-0.39, 0.29) is 17.7 Å². The molecule has 0 unspecified atom stereocenters. The van der Waals surface area contributed by atoms with Crippen LogP contribution in [0.4, 0.5) is 0 Å². The molecule has 1 aliphatic carbocycles. The maximum absolute atomic E-state index is 12.4. The van der Waals surface area contributed by atoms with Crippen molar-refractivity contribution >= 4 is 11.7 Å². The number of nitrogens with one attached hydrogen (secondary N) is 1. The molecule has 0 heterocycles. The van der Waals surface area contributed by atoms with Crippen LogP contribution in [0.3, 0.4) is 0 Å². The molecule has 4 heteroatoms. The van der Waals surface area contributed by atoms with Gasteiger partial charge in [0.15, 0.2) is 5.78 Å². The zero-order chi connectivity index (χ0) is 13.8. The third kappa shape index (κ3) is 2.95. The summed E-state index contributed by atoms with van der Waals surface area (Å²) in [7, 11) is 1.62. The molecule has 0 fully saturated rings. The molecule has 0 spiro atoms. The molecule has 0 saturated carbocycles. The first kappa shape index (κ1) is 13.6. The van der Waals surface area contributed by atoms with Crippen molar-refractivity contribution in [1.82, 2.24) is 5.32 Å². The summed E-state index contributed by atoms with van der Waals surface area (Å²) in [6.07, 6.45) is 2.83. The van der Waals surface area contributed by atoms with Crippen LogP contribution in [0.1, 0.15) is 42.1 Å². The van der Waals surface area contributed by atoms with E-state index in [9.17, 15) is 9.59 Å². The second kappa shape index (κ2) is 5.87. The minimum atomic E-state index is -0.387. The summed E-state index contributed by atoms with van der Waals surface area (Å²) in [4.78, 5) is 23.9. The molecular formula is C15H19NO3. The summed E-state index contributed by atoms with van der Waals surface area (Å²) in [5.74, 6) is 0.704. The van der Waals surface area contributed by atoms with Gasteiger partial charge in [0.25, 0.3) is 0 Å². The summed E-state index contributed by atoms with van der Waals surface area (Å²) in [6.45, 7) is 1.79. The highest BCUT2D eigenvalue weighted by Crippen LogP contribution is 2.25. The minimum Gasteiger partial charge on any atom is -0.497 e. The van der Waals surface area contributed by atoms with Gasteiger partial charge in [0, 0.05) is 12.0 Å². The van der Waals surface area contributed by atoms with E-state index in [0.29, 0.717) is 18.4 Å². The van der Waals surface area contributed by atoms with Crippen LogP contribution in [-0.4, -0.2) is 24.8 Å². The van der Waals surface area contributed by atoms with Crippen LogP contribution in [0.2, 0.25) is 0 Å². The van der Waals surface area contributed by atoms with Crippen LogP contribution < -0.4 is 10.1 Å². The van der Waals surface area contributed by atoms with E-state index >= 15 is 0 Å². The molecule has 1 amide bonds. The largest absolute Gasteiger partial charge is 0.497 e. The Bertz CT molecular complexity index is 496. The Kier molecular flexibility index (Phi) is 4.20. The van der Waals surface area contributed by atoms with Gasteiger partial charge in [-0.05, 0) is 43.0 Å². The molecule has 1 N–H and O–H groups in total. The Labute approximate surface area is 113 Å². The number of methoxy groups -OCH3 is 1. The second-order valence-corrected chi connectivity index (χ2v) is 4.75. The molecule has 2 rings (SSSR count). The Morgan fingerprint density at radius 1 is 1.47 bits per heavy atom. The van der Waals surface area contributed by atoms with E-state index in [1.807, 2.05) is 6.07 Å². The molecule has 1 atom stereocenters. The Balaban J connectivity index is 2.26. The summed E-state index contributed by atoms with van der Waals surface area (Å²) in [5, 5.41) is 2.81. The molecule has 1 aromatic rings. The molecule has 1 aromatic carbocycles. The van der Waals surface area contributed by atoms with Crippen molar-refractivity contribution in [2.45, 2.75) is 38.6 Å². The molecule has 0 aliphatic heterocycles. The van der Waals surface area contributed by atoms with Crippen molar-refractivity contribution in [2.75, 3.05) is 7.11 Å². The number of hydrogen-bond acceptors (Lipinski definition) is 3. The number of Topliss-reactive ketones (excluding diaryl/α,β-unsaturated/α-hetero) is 1. The summed E-state index contributed by atoms with van der Waals surface area (Å²) < 4.78 is 5.18. The summed E-state index contributed by atoms with van der Waals surface area (Å²) in [5.41, 5.74) is 1.72. The number of rotatable bonds is 3. The lowest BCUT2D eigenvalue weighted by Gasteiger charge is -2.15. The van der Waals surface area contributed by atoms with E-state index in [1.54, 1.807) is 26.2 Å². The van der Waals surface area contributed by atoms with Gasteiger partial charge in [-0.25, -0.2) is 0 Å². The zero-order valence-corrected chi connectivity index (χ0v) is 11.4. The molecule has 102 valence electrons. The lowest BCUT2D eigenvalue weighted by Crippen LogP contribution is -2.40. The standard InChI is InChI=1S/C15H19NO3/c1-3-14(17)16-13-6-4-5-10-9-11(19-2)7-8-12(10)15(13)18/h7-9,13H,3-6H2,1-2H3,(H,16,17)/t13-/m0/s1. The number of aryl methyl sites for hydroxylation is 1. The second-order valence-electron chi connectivity index (χ2n) is 4.75. The van der Waals surface area contributed by atoms with Crippen molar-refractivity contribution in [1.29, 1.82) is 0 Å². The van der Waals surface area contributed by atoms with Gasteiger partial charge in [0.05, 0.1) is 13.2 Å². The minimum absolute atomic E-state index is 0.0111. The monoisotopic (exact) mass is 261 g/mol. The highest BCUT2D eigenvalue weighted by Gasteiger charge is 2.26. The van der Waals surface area contributed by atoms with Crippen molar-refractivity contribution in [3.63, 3.8) is 0 Å². The summed E-state index contributed by atoms with van der Waals surface area (Å²) >= 11 is 0. The van der Waals surface area contributed by atoms with Crippen molar-refractivity contribution in [2.24, 2.45) is 0 Å². The van der Waals surface area contributed by atoms with Crippen LogP contribution in [-0.2, 0) is 11.2 Å². The van der Waals surface area contributed by atoms with E-state index in [1.165, 1.54) is 0 Å². The maximum Gasteiger partial charge on any atom is 0.220 e. The van der Waals surface area contributed by atoms with Gasteiger partial charge in [0.1, 0.15) is 5.75 Å². The SMILES string of the molecule is CCC(=O)N[C@H]1CCCc2cc(OC)ccc2C1=O. The van der Waals surface area contributed by atoms with Gasteiger partial charge in [-0.1, -0.05) is 6.92 Å². The molecular weight excluding hydrogens is 242 g/mol. The van der Waals surface area contributed by atoms with Gasteiger partial charge in [0.2, 0.25) is 5.91 Å². The van der Waals surface area contributed by atoms with E-state index < -0.39 is 0 Å². The lowest BCUT2D eigenvalue weighted by molar-refractivity contribution is -0.121. The maximum atomic E-state index is 12.4. The third-order valence-electron chi connectivity index (χ3n) is 3.49. The number of carbonyl (C=O) groups excluding carboxylic acids is 2. The van der Waals surface area contributed by atoms with E-state index in [0.717, 1.165) is 24.2 Å². The Morgan fingerprint density at radius 3 is 2.95 bits per heavy atom. The quantitative estimate of drug-likeness (QED) is 0.848. The summed E-state index contributed by atoms with van der Waals surface area (Å²) in [6, 6.07) is 5.12. The van der Waals surface area contributed by atoms with Crippen LogP contribution >= 0.6 is 0 Å². The number of hydrogen-bond donors (Lipinski definition) is 1. The van der Waals surface area contributed by atoms with Gasteiger partial charge in [-0.15, -0.1) is 0 Å². The normalized spacial score (nSPS) is 18.4. The number of ether oxygens (including phenoxy) is 1.